The van der Waals surface area contributed by atoms with Crippen molar-refractivity contribution in [3.05, 3.63) is 29.7 Å². The van der Waals surface area contributed by atoms with Crippen LogP contribution in [0.4, 0.5) is 0 Å². The predicted molar refractivity (Wildman–Crippen MR) is 88.3 cm³/mol. The number of amides is 1. The molecule has 0 saturated carbocycles. The summed E-state index contributed by atoms with van der Waals surface area (Å²) in [6.07, 6.45) is 9.13. The maximum atomic E-state index is 12.6. The number of rotatable bonds is 6. The summed E-state index contributed by atoms with van der Waals surface area (Å²) in [7, 11) is 0. The molecule has 0 spiro atoms. The fraction of sp³-hybridized carbons (Fsp3) is 0.647. The lowest BCUT2D eigenvalue weighted by Gasteiger charge is -2.36. The second kappa shape index (κ2) is 7.59. The lowest BCUT2D eigenvalue weighted by Crippen LogP contribution is -2.45. The van der Waals surface area contributed by atoms with E-state index in [-0.39, 0.29) is 11.9 Å². The highest BCUT2D eigenvalue weighted by atomic mass is 16.5. The van der Waals surface area contributed by atoms with Crippen molar-refractivity contribution in [1.29, 1.82) is 0 Å². The van der Waals surface area contributed by atoms with Crippen molar-refractivity contribution in [3.63, 3.8) is 0 Å². The molecule has 1 saturated heterocycles. The number of carbonyl (C=O) groups is 1. The SMILES string of the molecule is Cc1cnn(C[C@@H]2CCCCN2C(=O)CCCc2nc(C)no2)c1. The number of hydrogen-bond donors (Lipinski definition) is 0. The third-order valence-electron chi connectivity index (χ3n) is 4.46. The second-order valence-electron chi connectivity index (χ2n) is 6.57. The molecule has 0 bridgehead atoms. The number of carbonyl (C=O) groups excluding carboxylic acids is 1. The third kappa shape index (κ3) is 4.21. The minimum absolute atomic E-state index is 0.222. The van der Waals surface area contributed by atoms with Crippen LogP contribution in [-0.4, -0.2) is 43.3 Å². The Balaban J connectivity index is 1.52. The van der Waals surface area contributed by atoms with E-state index in [0.717, 1.165) is 37.9 Å². The first-order valence-electron chi connectivity index (χ1n) is 8.69. The highest BCUT2D eigenvalue weighted by molar-refractivity contribution is 5.76. The van der Waals surface area contributed by atoms with E-state index >= 15 is 0 Å². The molecule has 7 heteroatoms. The van der Waals surface area contributed by atoms with Crippen molar-refractivity contribution in [1.82, 2.24) is 24.8 Å². The summed E-state index contributed by atoms with van der Waals surface area (Å²) in [6, 6.07) is 0.246. The van der Waals surface area contributed by atoms with Crippen LogP contribution >= 0.6 is 0 Å². The Morgan fingerprint density at radius 2 is 2.25 bits per heavy atom. The summed E-state index contributed by atoms with van der Waals surface area (Å²) in [6.45, 7) is 5.46. The summed E-state index contributed by atoms with van der Waals surface area (Å²) in [5, 5.41) is 8.13. The van der Waals surface area contributed by atoms with Crippen LogP contribution in [0.5, 0.6) is 0 Å². The topological polar surface area (TPSA) is 77.1 Å². The number of nitrogens with zero attached hydrogens (tertiary/aromatic N) is 5. The van der Waals surface area contributed by atoms with Crippen LogP contribution in [0, 0.1) is 13.8 Å². The first kappa shape index (κ1) is 16.7. The largest absolute Gasteiger partial charge is 0.339 e. The Kier molecular flexibility index (Phi) is 5.27. The summed E-state index contributed by atoms with van der Waals surface area (Å²) in [5.74, 6) is 1.48. The van der Waals surface area contributed by atoms with Crippen LogP contribution in [0.15, 0.2) is 16.9 Å². The Morgan fingerprint density at radius 1 is 1.38 bits per heavy atom. The van der Waals surface area contributed by atoms with E-state index in [2.05, 4.69) is 15.2 Å². The normalized spacial score (nSPS) is 18.1. The smallest absolute Gasteiger partial charge is 0.226 e. The van der Waals surface area contributed by atoms with Crippen molar-refractivity contribution in [2.24, 2.45) is 0 Å². The third-order valence-corrected chi connectivity index (χ3v) is 4.46. The molecule has 0 aliphatic carbocycles. The van der Waals surface area contributed by atoms with Gasteiger partial charge >= 0.3 is 0 Å². The fourth-order valence-corrected chi connectivity index (χ4v) is 3.28. The van der Waals surface area contributed by atoms with Crippen LogP contribution in [0.25, 0.3) is 0 Å². The zero-order valence-electron chi connectivity index (χ0n) is 14.4. The Bertz CT molecular complexity index is 678. The molecule has 0 radical (unpaired) electrons. The first-order chi connectivity index (χ1) is 11.6. The molecule has 1 aliphatic rings. The molecule has 130 valence electrons. The Labute approximate surface area is 142 Å². The van der Waals surface area contributed by atoms with Crippen LogP contribution in [0.3, 0.4) is 0 Å². The van der Waals surface area contributed by atoms with Gasteiger partial charge in [-0.1, -0.05) is 5.16 Å². The van der Waals surface area contributed by atoms with Crippen molar-refractivity contribution in [3.8, 4) is 0 Å². The van der Waals surface area contributed by atoms with Gasteiger partial charge in [-0.15, -0.1) is 0 Å². The molecule has 2 aromatic rings. The van der Waals surface area contributed by atoms with Crippen LogP contribution < -0.4 is 0 Å². The monoisotopic (exact) mass is 331 g/mol. The van der Waals surface area contributed by atoms with Crippen molar-refractivity contribution in [2.75, 3.05) is 6.54 Å². The van der Waals surface area contributed by atoms with Gasteiger partial charge in [-0.2, -0.15) is 10.1 Å². The van der Waals surface area contributed by atoms with E-state index in [1.807, 2.05) is 28.9 Å². The molecule has 0 N–H and O–H groups in total. The molecule has 1 amide bonds. The molecule has 3 rings (SSSR count). The number of piperidine rings is 1. The maximum absolute atomic E-state index is 12.6. The average Bonchev–Trinajstić information content (AvgIpc) is 3.16. The van der Waals surface area contributed by atoms with Gasteiger partial charge in [0.25, 0.3) is 0 Å². The van der Waals surface area contributed by atoms with Gasteiger partial charge in [0.2, 0.25) is 11.8 Å². The Hall–Kier alpha value is -2.18. The van der Waals surface area contributed by atoms with E-state index in [9.17, 15) is 4.79 Å². The quantitative estimate of drug-likeness (QED) is 0.811. The highest BCUT2D eigenvalue weighted by Gasteiger charge is 2.26. The summed E-state index contributed by atoms with van der Waals surface area (Å²) in [5.41, 5.74) is 1.15. The minimum Gasteiger partial charge on any atom is -0.339 e. The van der Waals surface area contributed by atoms with Gasteiger partial charge in [-0.05, 0) is 45.1 Å². The molecule has 24 heavy (non-hydrogen) atoms. The maximum Gasteiger partial charge on any atom is 0.226 e. The van der Waals surface area contributed by atoms with Gasteiger partial charge < -0.3 is 9.42 Å². The van der Waals surface area contributed by atoms with Gasteiger partial charge in [0.1, 0.15) is 0 Å². The van der Waals surface area contributed by atoms with E-state index in [0.29, 0.717) is 24.6 Å². The Morgan fingerprint density at radius 3 is 2.96 bits per heavy atom. The molecule has 2 aromatic heterocycles. The molecule has 3 heterocycles. The summed E-state index contributed by atoms with van der Waals surface area (Å²) in [4.78, 5) is 18.8. The predicted octanol–water partition coefficient (Wildman–Crippen LogP) is 2.29. The number of aromatic nitrogens is 4. The first-order valence-corrected chi connectivity index (χ1v) is 8.69. The van der Waals surface area contributed by atoms with E-state index in [4.69, 9.17) is 4.52 Å². The standard InChI is InChI=1S/C17H25N5O2/c1-13-10-18-21(11-13)12-15-6-3-4-9-22(15)17(23)8-5-7-16-19-14(2)20-24-16/h10-11,15H,3-9,12H2,1-2H3/t15-/m0/s1. The van der Waals surface area contributed by atoms with Gasteiger partial charge in [0.05, 0.1) is 18.8 Å². The minimum atomic E-state index is 0.222. The van der Waals surface area contributed by atoms with E-state index in [1.54, 1.807) is 6.92 Å². The number of aryl methyl sites for hydroxylation is 3. The molecule has 7 nitrogen and oxygen atoms in total. The number of likely N-dealkylation sites (tertiary alicyclic amines) is 1. The average molecular weight is 331 g/mol. The van der Waals surface area contributed by atoms with Crippen LogP contribution in [0.2, 0.25) is 0 Å². The fourth-order valence-electron chi connectivity index (χ4n) is 3.28. The molecule has 1 atom stereocenters. The highest BCUT2D eigenvalue weighted by Crippen LogP contribution is 2.20. The van der Waals surface area contributed by atoms with E-state index in [1.165, 1.54) is 6.42 Å². The van der Waals surface area contributed by atoms with Crippen LogP contribution in [0.1, 0.15) is 49.4 Å². The molecule has 1 fully saturated rings. The molecule has 0 aromatic carbocycles. The molecule has 1 aliphatic heterocycles. The lowest BCUT2D eigenvalue weighted by molar-refractivity contribution is -0.135. The summed E-state index contributed by atoms with van der Waals surface area (Å²) < 4.78 is 7.05. The van der Waals surface area contributed by atoms with Gasteiger partial charge in [-0.3, -0.25) is 9.48 Å². The van der Waals surface area contributed by atoms with Crippen molar-refractivity contribution >= 4 is 5.91 Å². The molecular formula is C17H25N5O2. The number of hydrogen-bond acceptors (Lipinski definition) is 5. The van der Waals surface area contributed by atoms with Gasteiger partial charge in [0, 0.05) is 25.6 Å². The molecular weight excluding hydrogens is 306 g/mol. The zero-order chi connectivity index (χ0) is 16.9. The molecule has 0 unspecified atom stereocenters. The van der Waals surface area contributed by atoms with Gasteiger partial charge in [0.15, 0.2) is 5.82 Å². The second-order valence-corrected chi connectivity index (χ2v) is 6.57. The van der Waals surface area contributed by atoms with E-state index < -0.39 is 0 Å². The van der Waals surface area contributed by atoms with Crippen molar-refractivity contribution in [2.45, 2.75) is 65.0 Å². The van der Waals surface area contributed by atoms with Crippen LogP contribution in [-0.2, 0) is 17.8 Å². The lowest BCUT2D eigenvalue weighted by atomic mass is 10.0. The van der Waals surface area contributed by atoms with Gasteiger partial charge in [-0.25, -0.2) is 0 Å². The summed E-state index contributed by atoms with van der Waals surface area (Å²) >= 11 is 0. The zero-order valence-corrected chi connectivity index (χ0v) is 14.4. The van der Waals surface area contributed by atoms with Crippen molar-refractivity contribution < 1.29 is 9.32 Å².